The van der Waals surface area contributed by atoms with E-state index in [-0.39, 0.29) is 35.5 Å². The third-order valence-corrected chi connectivity index (χ3v) is 22.1. The predicted octanol–water partition coefficient (Wildman–Crippen LogP) is 16.5. The third-order valence-electron chi connectivity index (χ3n) is 22.1. The summed E-state index contributed by atoms with van der Waals surface area (Å²) < 4.78 is 0. The fraction of sp³-hybridized carbons (Fsp3) is 0.100. The van der Waals surface area contributed by atoms with Crippen molar-refractivity contribution >= 4 is 66.2 Å². The molecule has 1 atom stereocenters. The second-order valence-corrected chi connectivity index (χ2v) is 25.8. The fourth-order valence-electron chi connectivity index (χ4n) is 18.9. The molecular weight excluding hydrogens is 1040 g/mol. The van der Waals surface area contributed by atoms with Gasteiger partial charge in [0.25, 0.3) is 0 Å². The zero-order valence-corrected chi connectivity index (χ0v) is 46.1. The van der Waals surface area contributed by atoms with Crippen LogP contribution in [0.5, 0.6) is 0 Å². The van der Waals surface area contributed by atoms with Crippen LogP contribution in [0.2, 0.25) is 0 Å². The van der Waals surface area contributed by atoms with Gasteiger partial charge in [0.2, 0.25) is 0 Å². The molecule has 1 spiro atoms. The number of rotatable bonds is 0. The summed E-state index contributed by atoms with van der Waals surface area (Å²) in [6.07, 6.45) is 0.726. The maximum atomic E-state index is 5.83. The Hall–Kier alpha value is -10.6. The zero-order chi connectivity index (χ0) is 55.2. The van der Waals surface area contributed by atoms with E-state index in [1.807, 2.05) is 0 Å². The second-order valence-electron chi connectivity index (χ2n) is 25.8. The molecule has 0 radical (unpaired) electrons. The highest BCUT2D eigenvalue weighted by Crippen LogP contribution is 2.65. The zero-order valence-electron chi connectivity index (χ0n) is 46.1. The van der Waals surface area contributed by atoms with Gasteiger partial charge in [-0.25, -0.2) is 29.9 Å². The molecule has 0 amide bonds. The summed E-state index contributed by atoms with van der Waals surface area (Å²) in [7, 11) is 0. The van der Waals surface area contributed by atoms with E-state index in [2.05, 4.69) is 218 Å². The lowest BCUT2D eigenvalue weighted by Crippen LogP contribution is -2.44. The molecule has 12 aliphatic rings. The average molecular weight is 1090 g/mol. The van der Waals surface area contributed by atoms with Gasteiger partial charge in [-0.3, -0.25) is 0 Å². The van der Waals surface area contributed by atoms with Crippen molar-refractivity contribution < 1.29 is 0 Å². The topological polar surface area (TPSA) is 77.3 Å². The van der Waals surface area contributed by atoms with Crippen molar-refractivity contribution in [2.45, 2.75) is 47.3 Å². The van der Waals surface area contributed by atoms with Crippen LogP contribution in [-0.2, 0) is 11.8 Å². The molecule has 27 rings (SSSR count). The van der Waals surface area contributed by atoms with Crippen LogP contribution in [0.15, 0.2) is 218 Å². The SMILES string of the molecule is c1ccc2c(c1)C1c3ccccc3C2c2cc3nc4cc5c(cc4nc3cc21)Cc1cc2nc3cc4c6cc3nc2cc1C5c1cc2nc3cc5c(cc3nc2cc1C41c2ccccc2C6c2ccccc21)C1c2ccccc2C5c2ccccc21. The Kier molecular flexibility index (Phi) is 7.60. The molecule has 6 heteroatoms. The van der Waals surface area contributed by atoms with Crippen LogP contribution in [0.3, 0.4) is 0 Å². The van der Waals surface area contributed by atoms with Gasteiger partial charge >= 0.3 is 0 Å². The van der Waals surface area contributed by atoms with Crippen LogP contribution in [-0.4, -0.2) is 29.9 Å². The molecule has 15 aromatic rings. The summed E-state index contributed by atoms with van der Waals surface area (Å²) >= 11 is 0. The van der Waals surface area contributed by atoms with E-state index in [4.69, 9.17) is 29.9 Å². The molecule has 2 aliphatic heterocycles. The van der Waals surface area contributed by atoms with Gasteiger partial charge in [-0.15, -0.1) is 0 Å². The van der Waals surface area contributed by atoms with E-state index in [1.54, 1.807) is 0 Å². The first-order chi connectivity index (χ1) is 42.6. The molecule has 1 unspecified atom stereocenters. The Morgan fingerprint density at radius 1 is 0.198 bits per heavy atom. The molecule has 3 aromatic heterocycles. The molecule has 12 aromatic carbocycles. The number of nitrogens with zero attached hydrogens (tertiary/aromatic N) is 6. The molecule has 0 N–H and O–H groups in total. The van der Waals surface area contributed by atoms with E-state index in [0.29, 0.717) is 0 Å². The molecule has 10 aliphatic carbocycles. The van der Waals surface area contributed by atoms with Crippen molar-refractivity contribution in [1.29, 1.82) is 0 Å². The van der Waals surface area contributed by atoms with Crippen molar-refractivity contribution in [2.75, 3.05) is 0 Å². The van der Waals surface area contributed by atoms with Crippen LogP contribution in [0.4, 0.5) is 0 Å². The monoisotopic (exact) mass is 1090 g/mol. The van der Waals surface area contributed by atoms with Crippen molar-refractivity contribution in [3.05, 3.63) is 352 Å². The normalized spacial score (nSPS) is 21.5. The van der Waals surface area contributed by atoms with Gasteiger partial charge in [-0.2, -0.15) is 0 Å². The van der Waals surface area contributed by atoms with Gasteiger partial charge < -0.3 is 0 Å². The van der Waals surface area contributed by atoms with E-state index in [1.165, 1.54) is 134 Å². The molecule has 15 bridgehead atoms. The van der Waals surface area contributed by atoms with E-state index >= 15 is 0 Å². The molecule has 394 valence electrons. The summed E-state index contributed by atoms with van der Waals surface area (Å²) in [5, 5.41) is 0. The molecular formula is C80H44N6. The summed E-state index contributed by atoms with van der Waals surface area (Å²) in [5.74, 6) is 0.333. The predicted molar refractivity (Wildman–Crippen MR) is 337 cm³/mol. The highest BCUT2D eigenvalue weighted by molar-refractivity contribution is 5.96. The molecule has 5 heterocycles. The van der Waals surface area contributed by atoms with Gasteiger partial charge in [0.1, 0.15) is 0 Å². The minimum Gasteiger partial charge on any atom is -0.244 e. The van der Waals surface area contributed by atoms with Crippen molar-refractivity contribution in [3.8, 4) is 0 Å². The van der Waals surface area contributed by atoms with E-state index in [9.17, 15) is 0 Å². The van der Waals surface area contributed by atoms with E-state index < -0.39 is 5.41 Å². The lowest BCUT2D eigenvalue weighted by atomic mass is 9.49. The molecule has 6 nitrogen and oxygen atoms in total. The van der Waals surface area contributed by atoms with Crippen LogP contribution in [0.25, 0.3) is 66.2 Å². The first-order valence-corrected chi connectivity index (χ1v) is 30.5. The quantitative estimate of drug-likeness (QED) is 0.141. The van der Waals surface area contributed by atoms with Crippen molar-refractivity contribution in [2.24, 2.45) is 0 Å². The van der Waals surface area contributed by atoms with Crippen molar-refractivity contribution in [1.82, 2.24) is 29.9 Å². The Balaban J connectivity index is 0.822. The Bertz CT molecular complexity index is 5700. The number of aromatic nitrogens is 6. The van der Waals surface area contributed by atoms with Crippen LogP contribution < -0.4 is 0 Å². The first kappa shape index (κ1) is 44.0. The maximum Gasteiger partial charge on any atom is 0.0898 e. The van der Waals surface area contributed by atoms with Crippen molar-refractivity contribution in [3.63, 3.8) is 0 Å². The molecule has 86 heavy (non-hydrogen) atoms. The molecule has 0 saturated heterocycles. The lowest BCUT2D eigenvalue weighted by Gasteiger charge is -2.52. The van der Waals surface area contributed by atoms with Gasteiger partial charge in [-0.1, -0.05) is 146 Å². The third kappa shape index (κ3) is 5.08. The Labute approximate surface area is 492 Å². The largest absolute Gasteiger partial charge is 0.244 e. The average Bonchev–Trinajstić information content (AvgIpc) is 0.678. The number of hydrogen-bond acceptors (Lipinski definition) is 6. The summed E-state index contributed by atoms with van der Waals surface area (Å²) in [6.45, 7) is 0. The van der Waals surface area contributed by atoms with Gasteiger partial charge in [-0.05, 0) is 213 Å². The van der Waals surface area contributed by atoms with Crippen LogP contribution in [0, 0.1) is 0 Å². The van der Waals surface area contributed by atoms with Gasteiger partial charge in [0.05, 0.1) is 71.6 Å². The Morgan fingerprint density at radius 2 is 0.419 bits per heavy atom. The number of benzene rings is 12. The molecule has 0 saturated carbocycles. The lowest BCUT2D eigenvalue weighted by molar-refractivity contribution is 0.622. The number of fused-ring (bicyclic) bond motifs is 5. The highest BCUT2D eigenvalue weighted by Gasteiger charge is 2.55. The van der Waals surface area contributed by atoms with Crippen LogP contribution >= 0.6 is 0 Å². The first-order valence-electron chi connectivity index (χ1n) is 30.5. The summed E-state index contributed by atoms with van der Waals surface area (Å²) in [5.41, 5.74) is 42.0. The highest BCUT2D eigenvalue weighted by atomic mass is 14.8. The van der Waals surface area contributed by atoms with Gasteiger partial charge in [0, 0.05) is 35.5 Å². The minimum atomic E-state index is -0.762. The summed E-state index contributed by atoms with van der Waals surface area (Å²) in [6, 6.07) is 83.5. The smallest absolute Gasteiger partial charge is 0.0898 e. The fourth-order valence-corrected chi connectivity index (χ4v) is 18.9. The maximum absolute atomic E-state index is 5.83. The van der Waals surface area contributed by atoms with E-state index in [0.717, 1.165) is 72.6 Å². The Morgan fingerprint density at radius 3 is 0.733 bits per heavy atom. The number of hydrogen-bond donors (Lipinski definition) is 0. The summed E-state index contributed by atoms with van der Waals surface area (Å²) in [4.78, 5) is 34.2. The van der Waals surface area contributed by atoms with Crippen LogP contribution in [0.1, 0.15) is 169 Å². The van der Waals surface area contributed by atoms with Gasteiger partial charge in [0.15, 0.2) is 0 Å². The standard InChI is InChI=1S/C80H44N6/c1-3-15-42-40(13-1)74-41-14-2-4-16-43(41)75(42)53-31-67-66(30-52(53)74)81-62-26-38-25-39-27-63-65-29-51(39)79(50(38)28-64(62)83-67)57-35-71-73(86-69-33-55-54(32-68(69)85-71)76-44-17-5-7-19-46(44)77(55)47-20-8-6-18-45(47)76)37-61(57)80-58-23-11-9-21-48(58)78(49-22-10-12-24-59(49)80)56-34-70(84-65)72(82-63)36-60(56)80/h1-24,26-37,74-79H,25H2. The second kappa shape index (κ2) is 14.8. The minimum absolute atomic E-state index is 0.0342. The molecule has 0 fully saturated rings.